The zero-order chi connectivity index (χ0) is 13.8. The number of carbonyl (C=O) groups is 2. The number of amides is 2. The van der Waals surface area contributed by atoms with E-state index < -0.39 is 17.5 Å². The van der Waals surface area contributed by atoms with Crippen molar-refractivity contribution in [1.29, 1.82) is 0 Å². The van der Waals surface area contributed by atoms with Crippen LogP contribution < -0.4 is 4.90 Å². The molecule has 0 radical (unpaired) electrons. The third-order valence-electron chi connectivity index (χ3n) is 3.78. The molecule has 1 atom stereocenters. The van der Waals surface area contributed by atoms with E-state index in [-0.39, 0.29) is 0 Å². The van der Waals surface area contributed by atoms with Crippen molar-refractivity contribution in [3.63, 3.8) is 0 Å². The molecule has 2 amide bonds. The fraction of sp³-hybridized carbons (Fsp3) is 0.417. The Morgan fingerprint density at radius 3 is 2.84 bits per heavy atom. The Morgan fingerprint density at radius 1 is 1.42 bits per heavy atom. The number of hydrogen-bond acceptors (Lipinski definition) is 4. The first-order valence-electron chi connectivity index (χ1n) is 5.93. The first kappa shape index (κ1) is 12.7. The van der Waals surface area contributed by atoms with Gasteiger partial charge in [0.2, 0.25) is 0 Å². The van der Waals surface area contributed by atoms with Gasteiger partial charge in [0.15, 0.2) is 0 Å². The van der Waals surface area contributed by atoms with Gasteiger partial charge in [-0.1, -0.05) is 30.3 Å². The molecule has 19 heavy (non-hydrogen) atoms. The van der Waals surface area contributed by atoms with Gasteiger partial charge in [-0.3, -0.25) is 14.5 Å². The van der Waals surface area contributed by atoms with Gasteiger partial charge in [-0.25, -0.2) is 4.98 Å². The molecule has 1 aromatic heterocycles. The van der Waals surface area contributed by atoms with Crippen LogP contribution >= 0.6 is 23.4 Å². The fourth-order valence-electron chi connectivity index (χ4n) is 2.63. The minimum Gasteiger partial charge on any atom is -0.313 e. The van der Waals surface area contributed by atoms with E-state index >= 15 is 0 Å². The van der Waals surface area contributed by atoms with Gasteiger partial charge in [-0.05, 0) is 18.6 Å². The Balaban J connectivity index is 2.20. The lowest BCUT2D eigenvalue weighted by Crippen LogP contribution is -2.56. The zero-order valence-electron chi connectivity index (χ0n) is 10.5. The van der Waals surface area contributed by atoms with Crippen LogP contribution in [0.1, 0.15) is 13.3 Å². The molecule has 0 saturated carbocycles. The molecule has 0 aliphatic carbocycles. The van der Waals surface area contributed by atoms with Crippen LogP contribution in [0.4, 0.5) is 5.69 Å². The fourth-order valence-corrected chi connectivity index (χ4v) is 4.19. The highest BCUT2D eigenvalue weighted by atomic mass is 35.5. The van der Waals surface area contributed by atoms with Crippen molar-refractivity contribution in [2.45, 2.75) is 24.0 Å². The molecule has 0 N–H and O–H groups in total. The molecule has 0 spiro atoms. The second-order valence-corrected chi connectivity index (χ2v) is 5.94. The van der Waals surface area contributed by atoms with Gasteiger partial charge in [0, 0.05) is 12.8 Å². The second-order valence-electron chi connectivity index (χ2n) is 4.59. The molecule has 1 saturated heterocycles. The second kappa shape index (κ2) is 4.11. The summed E-state index contributed by atoms with van der Waals surface area (Å²) in [6.45, 7) is 1.98. The van der Waals surface area contributed by atoms with E-state index in [9.17, 15) is 9.59 Å². The summed E-state index contributed by atoms with van der Waals surface area (Å²) in [5.74, 6) is -0.349. The monoisotopic (exact) mass is 297 g/mol. The lowest BCUT2D eigenvalue weighted by Gasteiger charge is -2.44. The quantitative estimate of drug-likeness (QED) is 0.585. The molecule has 1 fully saturated rings. The third kappa shape index (κ3) is 1.53. The maximum absolute atomic E-state index is 12.2. The standard InChI is InChI=1S/C12H12ClN3O2S/c1-3-12-6-19-9-7(4-5-8(13)14-9)16(12)11(18)10(17)15(12)2/h4-5H,3,6H2,1-2H3/t12-/m1/s1. The summed E-state index contributed by atoms with van der Waals surface area (Å²) < 4.78 is 0. The number of aromatic nitrogens is 1. The van der Waals surface area contributed by atoms with Gasteiger partial charge in [0.1, 0.15) is 15.8 Å². The molecule has 3 rings (SSSR count). The summed E-state index contributed by atoms with van der Waals surface area (Å²) >= 11 is 7.40. The van der Waals surface area contributed by atoms with Crippen LogP contribution in [-0.4, -0.2) is 40.2 Å². The van der Waals surface area contributed by atoms with Crippen LogP contribution in [0.2, 0.25) is 5.15 Å². The minimum atomic E-state index is -0.582. The first-order valence-corrected chi connectivity index (χ1v) is 7.29. The predicted molar refractivity (Wildman–Crippen MR) is 73.2 cm³/mol. The van der Waals surface area contributed by atoms with Crippen LogP contribution in [0.25, 0.3) is 0 Å². The van der Waals surface area contributed by atoms with E-state index in [0.717, 1.165) is 0 Å². The zero-order valence-corrected chi connectivity index (χ0v) is 12.1. The Labute approximate surface area is 119 Å². The number of thioether (sulfide) groups is 1. The lowest BCUT2D eigenvalue weighted by molar-refractivity contribution is -0.140. The summed E-state index contributed by atoms with van der Waals surface area (Å²) in [4.78, 5) is 31.6. The average molecular weight is 298 g/mol. The van der Waals surface area contributed by atoms with Crippen molar-refractivity contribution in [1.82, 2.24) is 9.88 Å². The molecule has 5 nitrogen and oxygen atoms in total. The Kier molecular flexibility index (Phi) is 2.76. The van der Waals surface area contributed by atoms with E-state index in [1.807, 2.05) is 6.92 Å². The van der Waals surface area contributed by atoms with E-state index in [4.69, 9.17) is 11.6 Å². The number of likely N-dealkylation sites (N-methyl/N-ethyl adjacent to an activating group) is 1. The molecule has 0 aromatic carbocycles. The number of halogens is 1. The van der Waals surface area contributed by atoms with Crippen molar-refractivity contribution in [3.8, 4) is 0 Å². The maximum Gasteiger partial charge on any atom is 0.318 e. The molecule has 1 aromatic rings. The largest absolute Gasteiger partial charge is 0.318 e. The number of anilines is 1. The summed E-state index contributed by atoms with van der Waals surface area (Å²) in [7, 11) is 1.68. The number of nitrogens with zero attached hydrogens (tertiary/aromatic N) is 3. The van der Waals surface area contributed by atoms with Crippen LogP contribution in [0.3, 0.4) is 0 Å². The molecular formula is C12H12ClN3O2S. The van der Waals surface area contributed by atoms with E-state index in [0.29, 0.717) is 28.0 Å². The smallest absolute Gasteiger partial charge is 0.313 e. The molecular weight excluding hydrogens is 286 g/mol. The highest BCUT2D eigenvalue weighted by Crippen LogP contribution is 2.47. The van der Waals surface area contributed by atoms with E-state index in [1.165, 1.54) is 11.8 Å². The normalized spacial score (nSPS) is 25.6. The van der Waals surface area contributed by atoms with Gasteiger partial charge in [0.25, 0.3) is 0 Å². The summed E-state index contributed by atoms with van der Waals surface area (Å²) in [6.07, 6.45) is 0.677. The number of carbonyl (C=O) groups excluding carboxylic acids is 2. The van der Waals surface area contributed by atoms with Gasteiger partial charge in [0.05, 0.1) is 5.69 Å². The Bertz CT molecular complexity index is 594. The van der Waals surface area contributed by atoms with E-state index in [2.05, 4.69) is 4.98 Å². The highest BCUT2D eigenvalue weighted by molar-refractivity contribution is 7.99. The Hall–Kier alpha value is -1.27. The number of hydrogen-bond donors (Lipinski definition) is 0. The lowest BCUT2D eigenvalue weighted by atomic mass is 10.1. The van der Waals surface area contributed by atoms with Crippen LogP contribution in [0.15, 0.2) is 17.2 Å². The third-order valence-corrected chi connectivity index (χ3v) is 5.18. The molecule has 2 aliphatic heterocycles. The van der Waals surface area contributed by atoms with Gasteiger partial charge in [-0.15, -0.1) is 0 Å². The average Bonchev–Trinajstić information content (AvgIpc) is 2.61. The Morgan fingerprint density at radius 2 is 2.16 bits per heavy atom. The molecule has 100 valence electrons. The molecule has 3 heterocycles. The number of rotatable bonds is 1. The van der Waals surface area contributed by atoms with Gasteiger partial charge < -0.3 is 4.90 Å². The summed E-state index contributed by atoms with van der Waals surface area (Å²) in [5.41, 5.74) is 0.0895. The SMILES string of the molecule is CC[C@]12CSc3nc(Cl)ccc3N1C(=O)C(=O)N2C. The van der Waals surface area contributed by atoms with Gasteiger partial charge in [-0.2, -0.15) is 0 Å². The predicted octanol–water partition coefficient (Wildman–Crippen LogP) is 1.75. The molecule has 2 aliphatic rings. The molecule has 0 unspecified atom stereocenters. The van der Waals surface area contributed by atoms with E-state index in [1.54, 1.807) is 29.0 Å². The van der Waals surface area contributed by atoms with Crippen molar-refractivity contribution >= 4 is 40.9 Å². The number of fused-ring (bicyclic) bond motifs is 3. The first-order chi connectivity index (χ1) is 9.01. The van der Waals surface area contributed by atoms with Crippen molar-refractivity contribution < 1.29 is 9.59 Å². The maximum atomic E-state index is 12.2. The highest BCUT2D eigenvalue weighted by Gasteiger charge is 2.56. The number of pyridine rings is 1. The summed E-state index contributed by atoms with van der Waals surface area (Å²) in [6, 6.07) is 3.40. The van der Waals surface area contributed by atoms with Crippen LogP contribution in [-0.2, 0) is 9.59 Å². The minimum absolute atomic E-state index is 0.390. The summed E-state index contributed by atoms with van der Waals surface area (Å²) in [5, 5.41) is 1.09. The van der Waals surface area contributed by atoms with Crippen molar-refractivity contribution in [2.24, 2.45) is 0 Å². The van der Waals surface area contributed by atoms with Crippen LogP contribution in [0.5, 0.6) is 0 Å². The van der Waals surface area contributed by atoms with Crippen molar-refractivity contribution in [2.75, 3.05) is 17.7 Å². The topological polar surface area (TPSA) is 53.5 Å². The molecule has 0 bridgehead atoms. The van der Waals surface area contributed by atoms with Crippen LogP contribution in [0, 0.1) is 0 Å². The molecule has 7 heteroatoms. The van der Waals surface area contributed by atoms with Crippen molar-refractivity contribution in [3.05, 3.63) is 17.3 Å². The van der Waals surface area contributed by atoms with Gasteiger partial charge >= 0.3 is 11.8 Å².